The summed E-state index contributed by atoms with van der Waals surface area (Å²) >= 11 is 0. The Hall–Kier alpha value is -2.03. The van der Waals surface area contributed by atoms with Crippen LogP contribution >= 0.6 is 0 Å². The van der Waals surface area contributed by atoms with Crippen molar-refractivity contribution in [3.63, 3.8) is 0 Å². The number of nitrogens with one attached hydrogen (secondary N) is 1. The van der Waals surface area contributed by atoms with Crippen molar-refractivity contribution >= 4 is 11.4 Å². The summed E-state index contributed by atoms with van der Waals surface area (Å²) in [7, 11) is 4.15. The summed E-state index contributed by atoms with van der Waals surface area (Å²) in [6, 6.07) is 11.2. The number of hydrogen-bond acceptors (Lipinski definition) is 3. The minimum atomic E-state index is 0.332. The molecular formula is C18H23N3. The van der Waals surface area contributed by atoms with E-state index in [2.05, 4.69) is 60.5 Å². The van der Waals surface area contributed by atoms with Gasteiger partial charge in [0.15, 0.2) is 0 Å². The fourth-order valence-corrected chi connectivity index (χ4v) is 3.03. The van der Waals surface area contributed by atoms with Gasteiger partial charge >= 0.3 is 0 Å². The van der Waals surface area contributed by atoms with Gasteiger partial charge in [0.05, 0.1) is 11.7 Å². The van der Waals surface area contributed by atoms with Gasteiger partial charge in [-0.3, -0.25) is 4.98 Å². The zero-order chi connectivity index (χ0) is 14.8. The second-order valence-electron chi connectivity index (χ2n) is 6.03. The lowest BCUT2D eigenvalue weighted by atomic mass is 9.91. The van der Waals surface area contributed by atoms with Gasteiger partial charge in [0, 0.05) is 31.7 Å². The first-order valence-electron chi connectivity index (χ1n) is 7.63. The maximum absolute atomic E-state index is 4.60. The Bertz CT molecular complexity index is 634. The Morgan fingerprint density at radius 1 is 1.24 bits per heavy atom. The highest BCUT2D eigenvalue weighted by Gasteiger charge is 2.21. The first-order valence-corrected chi connectivity index (χ1v) is 7.63. The van der Waals surface area contributed by atoms with E-state index >= 15 is 0 Å². The summed E-state index contributed by atoms with van der Waals surface area (Å²) in [5.41, 5.74) is 6.34. The summed E-state index contributed by atoms with van der Waals surface area (Å²) in [6.45, 7) is 2.16. The molecule has 0 bridgehead atoms. The zero-order valence-electron chi connectivity index (χ0n) is 13.1. The van der Waals surface area contributed by atoms with Gasteiger partial charge in [-0.15, -0.1) is 0 Å². The second-order valence-corrected chi connectivity index (χ2v) is 6.03. The number of aromatic nitrogens is 1. The topological polar surface area (TPSA) is 28.2 Å². The van der Waals surface area contributed by atoms with Gasteiger partial charge in [-0.25, -0.2) is 0 Å². The smallest absolute Gasteiger partial charge is 0.0688 e. The molecule has 3 nitrogen and oxygen atoms in total. The van der Waals surface area contributed by atoms with Gasteiger partial charge < -0.3 is 10.2 Å². The van der Waals surface area contributed by atoms with Crippen LogP contribution in [-0.2, 0) is 6.42 Å². The van der Waals surface area contributed by atoms with Crippen LogP contribution in [0.25, 0.3) is 0 Å². The highest BCUT2D eigenvalue weighted by Crippen LogP contribution is 2.32. The molecule has 1 aromatic heterocycles. The van der Waals surface area contributed by atoms with Crippen LogP contribution in [0.15, 0.2) is 36.5 Å². The number of hydrogen-bond donors (Lipinski definition) is 1. The molecule has 0 saturated heterocycles. The predicted molar refractivity (Wildman–Crippen MR) is 89.0 cm³/mol. The van der Waals surface area contributed by atoms with Crippen molar-refractivity contribution < 1.29 is 0 Å². The Morgan fingerprint density at radius 2 is 2.10 bits per heavy atom. The van der Waals surface area contributed by atoms with E-state index in [4.69, 9.17) is 0 Å². The van der Waals surface area contributed by atoms with Crippen LogP contribution in [-0.4, -0.2) is 19.1 Å². The quantitative estimate of drug-likeness (QED) is 0.923. The molecule has 21 heavy (non-hydrogen) atoms. The Kier molecular flexibility index (Phi) is 3.82. The van der Waals surface area contributed by atoms with E-state index in [0.29, 0.717) is 6.04 Å². The molecule has 1 atom stereocenters. The van der Waals surface area contributed by atoms with E-state index in [0.717, 1.165) is 12.8 Å². The maximum Gasteiger partial charge on any atom is 0.0688 e. The van der Waals surface area contributed by atoms with Crippen molar-refractivity contribution in [2.24, 2.45) is 0 Å². The third kappa shape index (κ3) is 2.87. The maximum atomic E-state index is 4.60. The fourth-order valence-electron chi connectivity index (χ4n) is 3.03. The number of aryl methyl sites for hydroxylation is 2. The highest BCUT2D eigenvalue weighted by atomic mass is 15.1. The summed E-state index contributed by atoms with van der Waals surface area (Å²) < 4.78 is 0. The molecule has 0 spiro atoms. The van der Waals surface area contributed by atoms with Gasteiger partial charge in [-0.1, -0.05) is 6.07 Å². The van der Waals surface area contributed by atoms with Crippen LogP contribution in [0.3, 0.4) is 0 Å². The summed E-state index contributed by atoms with van der Waals surface area (Å²) in [5.74, 6) is 0. The van der Waals surface area contributed by atoms with Crippen LogP contribution in [0.2, 0.25) is 0 Å². The monoisotopic (exact) mass is 281 g/mol. The van der Waals surface area contributed by atoms with Crippen LogP contribution in [0, 0.1) is 6.92 Å². The third-order valence-corrected chi connectivity index (χ3v) is 4.25. The third-order valence-electron chi connectivity index (χ3n) is 4.25. The van der Waals surface area contributed by atoms with E-state index in [1.165, 1.54) is 34.6 Å². The van der Waals surface area contributed by atoms with Crippen LogP contribution in [0.5, 0.6) is 0 Å². The van der Waals surface area contributed by atoms with Gasteiger partial charge in [0.1, 0.15) is 0 Å². The van der Waals surface area contributed by atoms with E-state index in [9.17, 15) is 0 Å². The van der Waals surface area contributed by atoms with Gasteiger partial charge in [-0.2, -0.15) is 0 Å². The molecule has 0 saturated carbocycles. The SMILES string of the molecule is Cc1cc(N(C)C)ccc1NC1CCCc2cccnc21. The average Bonchev–Trinajstić information content (AvgIpc) is 2.49. The molecule has 3 rings (SSSR count). The number of rotatable bonds is 3. The normalized spacial score (nSPS) is 17.2. The molecule has 0 amide bonds. The van der Waals surface area contributed by atoms with Gasteiger partial charge in [0.2, 0.25) is 0 Å². The summed E-state index contributed by atoms with van der Waals surface area (Å²) in [6.07, 6.45) is 5.44. The fraction of sp³-hybridized carbons (Fsp3) is 0.389. The van der Waals surface area contributed by atoms with Crippen LogP contribution in [0.4, 0.5) is 11.4 Å². The van der Waals surface area contributed by atoms with E-state index in [1.54, 1.807) is 0 Å². The molecule has 3 heteroatoms. The molecule has 1 heterocycles. The molecule has 1 unspecified atom stereocenters. The molecule has 110 valence electrons. The molecular weight excluding hydrogens is 258 g/mol. The lowest BCUT2D eigenvalue weighted by Gasteiger charge is -2.27. The van der Waals surface area contributed by atoms with Crippen molar-refractivity contribution in [3.05, 3.63) is 53.3 Å². The minimum absolute atomic E-state index is 0.332. The van der Waals surface area contributed by atoms with Gasteiger partial charge in [0.25, 0.3) is 0 Å². The number of anilines is 2. The Morgan fingerprint density at radius 3 is 2.86 bits per heavy atom. The standard InChI is InChI=1S/C18H23N3/c1-13-12-15(21(2)3)9-10-16(13)20-17-8-4-6-14-7-5-11-19-18(14)17/h5,7,9-12,17,20H,4,6,8H2,1-3H3. The second kappa shape index (κ2) is 5.76. The molecule has 2 aromatic rings. The lowest BCUT2D eigenvalue weighted by Crippen LogP contribution is -2.19. The van der Waals surface area contributed by atoms with Gasteiger partial charge in [-0.05, 0) is 61.6 Å². The molecule has 0 aliphatic heterocycles. The lowest BCUT2D eigenvalue weighted by molar-refractivity contribution is 0.583. The van der Waals surface area contributed by atoms with Crippen molar-refractivity contribution in [1.82, 2.24) is 4.98 Å². The largest absolute Gasteiger partial charge is 0.378 e. The van der Waals surface area contributed by atoms with Crippen LogP contribution in [0.1, 0.15) is 35.7 Å². The number of fused-ring (bicyclic) bond motifs is 1. The summed E-state index contributed by atoms with van der Waals surface area (Å²) in [4.78, 5) is 6.73. The van der Waals surface area contributed by atoms with E-state index in [1.807, 2.05) is 12.3 Å². The van der Waals surface area contributed by atoms with Crippen molar-refractivity contribution in [2.45, 2.75) is 32.2 Å². The average molecular weight is 281 g/mol. The molecule has 1 aromatic carbocycles. The van der Waals surface area contributed by atoms with Crippen molar-refractivity contribution in [2.75, 3.05) is 24.3 Å². The molecule has 1 aliphatic carbocycles. The molecule has 0 fully saturated rings. The zero-order valence-corrected chi connectivity index (χ0v) is 13.1. The minimum Gasteiger partial charge on any atom is -0.378 e. The first kappa shape index (κ1) is 13.9. The predicted octanol–water partition coefficient (Wildman–Crippen LogP) is 3.95. The highest BCUT2D eigenvalue weighted by molar-refractivity contribution is 5.60. The van der Waals surface area contributed by atoms with Crippen LogP contribution < -0.4 is 10.2 Å². The molecule has 1 aliphatic rings. The number of pyridine rings is 1. The molecule has 1 N–H and O–H groups in total. The Balaban J connectivity index is 1.85. The first-order chi connectivity index (χ1) is 10.1. The Labute approximate surface area is 127 Å². The van der Waals surface area contributed by atoms with E-state index < -0.39 is 0 Å². The number of nitrogens with zero attached hydrogens (tertiary/aromatic N) is 2. The van der Waals surface area contributed by atoms with Crippen molar-refractivity contribution in [3.8, 4) is 0 Å². The summed E-state index contributed by atoms with van der Waals surface area (Å²) in [5, 5.41) is 3.69. The number of benzene rings is 1. The van der Waals surface area contributed by atoms with Crippen molar-refractivity contribution in [1.29, 1.82) is 0 Å². The van der Waals surface area contributed by atoms with E-state index in [-0.39, 0.29) is 0 Å². The molecule has 0 radical (unpaired) electrons.